The van der Waals surface area contributed by atoms with Gasteiger partial charge < -0.3 is 10.1 Å². The maximum absolute atomic E-state index is 9.13. The Morgan fingerprint density at radius 2 is 2.27 bits per heavy atom. The first-order chi connectivity index (χ1) is 5.27. The highest BCUT2D eigenvalue weighted by Crippen LogP contribution is 2.16. The summed E-state index contributed by atoms with van der Waals surface area (Å²) < 4.78 is 0.668. The molecule has 0 unspecified atom stereocenters. The van der Waals surface area contributed by atoms with Gasteiger partial charge >= 0.3 is 0 Å². The zero-order valence-electron chi connectivity index (χ0n) is 5.17. The van der Waals surface area contributed by atoms with Crippen molar-refractivity contribution in [1.82, 2.24) is 19.9 Å². The Morgan fingerprint density at radius 1 is 1.45 bits per heavy atom. The summed E-state index contributed by atoms with van der Waals surface area (Å²) in [5.41, 5.74) is 0.884. The Hall–Kier alpha value is -0.920. The first-order valence-corrected chi connectivity index (χ1v) is 3.83. The van der Waals surface area contributed by atoms with Gasteiger partial charge in [0, 0.05) is 0 Å². The second-order valence-electron chi connectivity index (χ2n) is 1.87. The minimum Gasteiger partial charge on any atom is -0.492 e. The predicted octanol–water partition coefficient (Wildman–Crippen LogP) is 0.463. The molecule has 2 heterocycles. The molecule has 0 amide bonds. The fourth-order valence-corrected chi connectivity index (χ4v) is 1.25. The van der Waals surface area contributed by atoms with Crippen molar-refractivity contribution in [2.24, 2.45) is 0 Å². The Bertz CT molecular complexity index is 398. The van der Waals surface area contributed by atoms with E-state index in [-0.39, 0.29) is 5.88 Å². The van der Waals surface area contributed by atoms with Gasteiger partial charge in [-0.15, -0.1) is 0 Å². The molecule has 6 heteroatoms. The van der Waals surface area contributed by atoms with Gasteiger partial charge in [-0.05, 0) is 22.6 Å². The van der Waals surface area contributed by atoms with Crippen LogP contribution in [0, 0.1) is 10.2 Å². The van der Waals surface area contributed by atoms with Crippen LogP contribution in [-0.4, -0.2) is 25.0 Å². The van der Waals surface area contributed by atoms with Gasteiger partial charge in [-0.1, -0.05) is 0 Å². The third-order valence-electron chi connectivity index (χ3n) is 1.19. The third-order valence-corrected chi connectivity index (χ3v) is 1.70. The van der Waals surface area contributed by atoms with Crippen LogP contribution >= 0.6 is 22.6 Å². The van der Waals surface area contributed by atoms with E-state index in [0.29, 0.717) is 15.0 Å². The summed E-state index contributed by atoms with van der Waals surface area (Å²) in [6.07, 6.45) is 2.28. The number of nitrogens with zero attached hydrogens (tertiary/aromatic N) is 3. The number of nitrogens with one attached hydrogen (secondary N) is 1. The largest absolute Gasteiger partial charge is 0.492 e. The third kappa shape index (κ3) is 1.02. The number of hydrogen-bond acceptors (Lipinski definition) is 4. The number of H-pyrrole nitrogens is 1. The number of rotatable bonds is 0. The standard InChI is InChI=1S/C5H2IN4O/c6-5-9-2-3(10-5)7-1-8-4(2)11/h(H2,7,8,9,10,11). The number of aromatic hydroxyl groups is 1. The molecule has 0 aliphatic rings. The molecule has 0 fully saturated rings. The normalized spacial score (nSPS) is 10.6. The highest BCUT2D eigenvalue weighted by molar-refractivity contribution is 14.1. The first-order valence-electron chi connectivity index (χ1n) is 2.75. The molecule has 0 atom stereocenters. The summed E-state index contributed by atoms with van der Waals surface area (Å²) in [7, 11) is 0. The smallest absolute Gasteiger partial charge is 0.241 e. The number of fused-ring (bicyclic) bond motifs is 1. The average molecular weight is 261 g/mol. The van der Waals surface area contributed by atoms with Crippen molar-refractivity contribution >= 4 is 33.8 Å². The van der Waals surface area contributed by atoms with Crippen molar-refractivity contribution in [2.75, 3.05) is 0 Å². The quantitative estimate of drug-likeness (QED) is 0.533. The Balaban J connectivity index is 2.90. The fourth-order valence-electron chi connectivity index (χ4n) is 0.748. The van der Waals surface area contributed by atoms with Crippen molar-refractivity contribution in [1.29, 1.82) is 0 Å². The van der Waals surface area contributed by atoms with E-state index < -0.39 is 0 Å². The summed E-state index contributed by atoms with van der Waals surface area (Å²) in [4.78, 5) is 14.0. The highest BCUT2D eigenvalue weighted by atomic mass is 127. The molecule has 2 aromatic heterocycles. The molecule has 11 heavy (non-hydrogen) atoms. The molecule has 2 rings (SSSR count). The van der Waals surface area contributed by atoms with Gasteiger partial charge in [0.1, 0.15) is 5.52 Å². The lowest BCUT2D eigenvalue weighted by Gasteiger charge is -1.87. The van der Waals surface area contributed by atoms with Crippen LogP contribution in [0.15, 0.2) is 0 Å². The minimum absolute atomic E-state index is 0.120. The molecule has 0 aliphatic heterocycles. The van der Waals surface area contributed by atoms with E-state index >= 15 is 0 Å². The molecule has 2 N–H and O–H groups in total. The van der Waals surface area contributed by atoms with E-state index in [0.717, 1.165) is 0 Å². The molecule has 0 saturated heterocycles. The molecule has 1 radical (unpaired) electrons. The van der Waals surface area contributed by atoms with Gasteiger partial charge in [-0.3, -0.25) is 0 Å². The van der Waals surface area contributed by atoms with Gasteiger partial charge in [0.15, 0.2) is 9.48 Å². The van der Waals surface area contributed by atoms with Gasteiger partial charge in [-0.2, -0.15) is 4.98 Å². The van der Waals surface area contributed by atoms with Crippen LogP contribution in [0.4, 0.5) is 0 Å². The van der Waals surface area contributed by atoms with Gasteiger partial charge in [0.2, 0.25) is 12.2 Å². The first kappa shape index (κ1) is 6.77. The van der Waals surface area contributed by atoms with Crippen LogP contribution in [-0.2, 0) is 0 Å². The van der Waals surface area contributed by atoms with E-state index in [2.05, 4.69) is 26.3 Å². The molecule has 0 saturated carbocycles. The second-order valence-corrected chi connectivity index (χ2v) is 2.90. The Kier molecular flexibility index (Phi) is 1.41. The average Bonchev–Trinajstić information content (AvgIpc) is 2.31. The van der Waals surface area contributed by atoms with Crippen LogP contribution in [0.2, 0.25) is 0 Å². The summed E-state index contributed by atoms with van der Waals surface area (Å²) in [5.74, 6) is -0.120. The summed E-state index contributed by atoms with van der Waals surface area (Å²) in [5, 5.41) is 9.13. The van der Waals surface area contributed by atoms with Crippen molar-refractivity contribution in [3.8, 4) is 5.88 Å². The molecule has 0 aromatic carbocycles. The van der Waals surface area contributed by atoms with Crippen molar-refractivity contribution in [2.45, 2.75) is 0 Å². The van der Waals surface area contributed by atoms with Crippen LogP contribution < -0.4 is 0 Å². The Labute approximate surface area is 75.0 Å². The van der Waals surface area contributed by atoms with E-state index in [4.69, 9.17) is 5.11 Å². The van der Waals surface area contributed by atoms with Crippen LogP contribution in [0.5, 0.6) is 5.88 Å². The number of imidazole rings is 1. The molecular formula is C5H2IN4O. The van der Waals surface area contributed by atoms with Gasteiger partial charge in [-0.25, -0.2) is 9.97 Å². The molecule has 0 spiro atoms. The summed E-state index contributed by atoms with van der Waals surface area (Å²) in [6.45, 7) is 0. The molecule has 5 nitrogen and oxygen atoms in total. The van der Waals surface area contributed by atoms with Crippen molar-refractivity contribution in [3.05, 3.63) is 10.2 Å². The zero-order valence-corrected chi connectivity index (χ0v) is 7.32. The Morgan fingerprint density at radius 3 is 3.00 bits per heavy atom. The van der Waals surface area contributed by atoms with Crippen molar-refractivity contribution in [3.63, 3.8) is 0 Å². The number of halogens is 1. The number of aromatic amines is 1. The maximum atomic E-state index is 9.13. The van der Waals surface area contributed by atoms with Crippen LogP contribution in [0.3, 0.4) is 0 Å². The summed E-state index contributed by atoms with van der Waals surface area (Å²) in [6, 6.07) is 0. The summed E-state index contributed by atoms with van der Waals surface area (Å²) >= 11 is 1.99. The lowest BCUT2D eigenvalue weighted by Crippen LogP contribution is -1.80. The molecule has 55 valence electrons. The van der Waals surface area contributed by atoms with Crippen molar-refractivity contribution < 1.29 is 5.11 Å². The van der Waals surface area contributed by atoms with E-state index in [1.54, 1.807) is 0 Å². The molecular weight excluding hydrogens is 259 g/mol. The van der Waals surface area contributed by atoms with Gasteiger partial charge in [0.25, 0.3) is 0 Å². The van der Waals surface area contributed by atoms with E-state index in [1.165, 1.54) is 0 Å². The molecule has 0 bridgehead atoms. The second kappa shape index (κ2) is 2.29. The maximum Gasteiger partial charge on any atom is 0.241 e. The number of aromatic nitrogens is 4. The van der Waals surface area contributed by atoms with Crippen LogP contribution in [0.1, 0.15) is 0 Å². The lowest BCUT2D eigenvalue weighted by molar-refractivity contribution is 0.457. The lowest BCUT2D eigenvalue weighted by atomic mass is 10.5. The topological polar surface area (TPSA) is 74.7 Å². The number of hydrogen-bond donors (Lipinski definition) is 2. The highest BCUT2D eigenvalue weighted by Gasteiger charge is 2.05. The molecule has 2 aromatic rings. The molecule has 0 aliphatic carbocycles. The zero-order chi connectivity index (χ0) is 7.84. The monoisotopic (exact) mass is 261 g/mol. The van der Waals surface area contributed by atoms with Crippen LogP contribution in [0.25, 0.3) is 11.2 Å². The predicted molar refractivity (Wildman–Crippen MR) is 44.9 cm³/mol. The SMILES string of the molecule is Oc1n[c]nc2nc(I)[nH]c12. The van der Waals surface area contributed by atoms with E-state index in [1.807, 2.05) is 22.6 Å². The van der Waals surface area contributed by atoms with Gasteiger partial charge in [0.05, 0.1) is 0 Å². The fraction of sp³-hybridized carbons (Fsp3) is 0. The minimum atomic E-state index is -0.120. The van der Waals surface area contributed by atoms with E-state index in [9.17, 15) is 0 Å².